The zero-order valence-electron chi connectivity index (χ0n) is 23.4. The molecule has 1 spiro atoms. The molecule has 1 N–H and O–H groups in total. The first-order chi connectivity index (χ1) is 19.7. The minimum Gasteiger partial charge on any atom is -0.394 e. The Morgan fingerprint density at radius 2 is 1.78 bits per heavy atom. The van der Waals surface area contributed by atoms with Crippen molar-refractivity contribution in [2.24, 2.45) is 17.8 Å². The topological polar surface area (TPSA) is 81.2 Å². The van der Waals surface area contributed by atoms with Crippen molar-refractivity contribution in [1.29, 1.82) is 0 Å². The predicted octanol–water partition coefficient (Wildman–Crippen LogP) is 4.57. The van der Waals surface area contributed by atoms with Crippen LogP contribution >= 0.6 is 23.4 Å². The predicted molar refractivity (Wildman–Crippen MR) is 164 cm³/mol. The fourth-order valence-corrected chi connectivity index (χ4v) is 9.67. The fraction of sp³-hybridized carbons (Fsp3) is 0.406. The number of rotatable bonds is 10. The molecule has 3 unspecified atom stereocenters. The maximum absolute atomic E-state index is 14.9. The van der Waals surface area contributed by atoms with E-state index in [1.165, 1.54) is 0 Å². The average Bonchev–Trinajstić information content (AvgIpc) is 3.56. The molecule has 0 aliphatic carbocycles. The van der Waals surface area contributed by atoms with E-state index in [-0.39, 0.29) is 42.0 Å². The van der Waals surface area contributed by atoms with Crippen molar-refractivity contribution >= 4 is 46.8 Å². The van der Waals surface area contributed by atoms with E-state index in [9.17, 15) is 19.5 Å². The van der Waals surface area contributed by atoms with E-state index in [4.69, 9.17) is 11.6 Å². The van der Waals surface area contributed by atoms with E-state index in [1.54, 1.807) is 69.9 Å². The lowest BCUT2D eigenvalue weighted by Crippen LogP contribution is -2.58. The first-order valence-electron chi connectivity index (χ1n) is 13.9. The molecule has 3 aliphatic heterocycles. The molecule has 2 aromatic carbocycles. The number of likely N-dealkylation sites (N-methyl/N-ethyl adjacent to an activating group) is 1. The first kappa shape index (κ1) is 29.4. The number of fused-ring (bicyclic) bond motifs is 1. The highest BCUT2D eigenvalue weighted by Gasteiger charge is 2.77. The third kappa shape index (κ3) is 4.70. The normalized spacial score (nSPS) is 28.7. The van der Waals surface area contributed by atoms with Gasteiger partial charge in [-0.2, -0.15) is 0 Å². The van der Waals surface area contributed by atoms with Crippen LogP contribution in [-0.4, -0.2) is 75.4 Å². The van der Waals surface area contributed by atoms with Crippen molar-refractivity contribution in [3.05, 3.63) is 90.5 Å². The van der Waals surface area contributed by atoms with Crippen LogP contribution in [-0.2, 0) is 14.4 Å². The van der Waals surface area contributed by atoms with E-state index >= 15 is 0 Å². The number of thioether (sulfide) groups is 1. The maximum Gasteiger partial charge on any atom is 0.251 e. The lowest BCUT2D eigenvalue weighted by atomic mass is 9.65. The highest BCUT2D eigenvalue weighted by atomic mass is 35.5. The van der Waals surface area contributed by atoms with Gasteiger partial charge in [-0.25, -0.2) is 0 Å². The van der Waals surface area contributed by atoms with Gasteiger partial charge in [0.2, 0.25) is 11.8 Å². The third-order valence-electron chi connectivity index (χ3n) is 8.89. The molecule has 3 saturated heterocycles. The second kappa shape index (κ2) is 11.7. The van der Waals surface area contributed by atoms with Crippen LogP contribution in [0, 0.1) is 17.8 Å². The Morgan fingerprint density at radius 1 is 1.12 bits per heavy atom. The molecule has 3 aliphatic rings. The summed E-state index contributed by atoms with van der Waals surface area (Å²) < 4.78 is -0.831. The van der Waals surface area contributed by atoms with Crippen LogP contribution in [0.1, 0.15) is 24.9 Å². The first-order valence-corrected chi connectivity index (χ1v) is 15.2. The number of amides is 3. The summed E-state index contributed by atoms with van der Waals surface area (Å²) in [6, 6.07) is 14.6. The number of carbonyl (C=O) groups excluding carboxylic acids is 3. The van der Waals surface area contributed by atoms with E-state index in [2.05, 4.69) is 20.1 Å². The molecule has 0 aromatic heterocycles. The zero-order valence-corrected chi connectivity index (χ0v) is 24.9. The van der Waals surface area contributed by atoms with Crippen LogP contribution in [0.4, 0.5) is 5.69 Å². The van der Waals surface area contributed by atoms with Crippen LogP contribution in [0.2, 0.25) is 5.02 Å². The number of anilines is 1. The Balaban J connectivity index is 1.67. The lowest BCUT2D eigenvalue weighted by Gasteiger charge is -2.42. The van der Waals surface area contributed by atoms with Crippen molar-refractivity contribution in [3.63, 3.8) is 0 Å². The Labute approximate surface area is 250 Å². The van der Waals surface area contributed by atoms with Crippen LogP contribution in [0.3, 0.4) is 0 Å². The number of halogens is 1. The Morgan fingerprint density at radius 3 is 2.39 bits per heavy atom. The molecular weight excluding hydrogens is 558 g/mol. The van der Waals surface area contributed by atoms with Crippen molar-refractivity contribution < 1.29 is 19.5 Å². The molecule has 7 atom stereocenters. The van der Waals surface area contributed by atoms with Crippen LogP contribution in [0.5, 0.6) is 0 Å². The molecule has 0 radical (unpaired) electrons. The van der Waals surface area contributed by atoms with Gasteiger partial charge >= 0.3 is 0 Å². The molecule has 3 heterocycles. The van der Waals surface area contributed by atoms with Gasteiger partial charge in [-0.1, -0.05) is 61.0 Å². The standard InChI is InChI=1S/C32H36ClN3O4S/c1-5-16-34(4)29(38)26-25-18-20(3)32(41-25)27(26)30(39)36(24(19-37)21-10-8-7-9-11-21)28(32)31(40)35(17-6-2)23-14-12-22(33)13-15-23/h5-15,20,24-28,37H,1-2,16-19H2,3-4H3/t20?,24-,25+,26-,27+,28?,32?/m1/s1. The lowest BCUT2D eigenvalue weighted by molar-refractivity contribution is -0.145. The number of likely N-dealkylation sites (tertiary alicyclic amines) is 1. The summed E-state index contributed by atoms with van der Waals surface area (Å²) in [4.78, 5) is 48.2. The van der Waals surface area contributed by atoms with Crippen molar-refractivity contribution in [2.45, 2.75) is 35.4 Å². The molecule has 216 valence electrons. The van der Waals surface area contributed by atoms with Crippen LogP contribution in [0.25, 0.3) is 0 Å². The van der Waals surface area contributed by atoms with Gasteiger partial charge in [0, 0.05) is 36.1 Å². The molecule has 9 heteroatoms. The van der Waals surface area contributed by atoms with Crippen molar-refractivity contribution in [1.82, 2.24) is 9.80 Å². The van der Waals surface area contributed by atoms with E-state index in [0.29, 0.717) is 17.3 Å². The summed E-state index contributed by atoms with van der Waals surface area (Å²) in [5.41, 5.74) is 1.37. The van der Waals surface area contributed by atoms with E-state index in [1.807, 2.05) is 30.3 Å². The molecule has 2 aromatic rings. The Bertz CT molecular complexity index is 1340. The number of hydrogen-bond acceptors (Lipinski definition) is 5. The quantitative estimate of drug-likeness (QED) is 0.408. The summed E-state index contributed by atoms with van der Waals surface area (Å²) in [5, 5.41) is 11.2. The summed E-state index contributed by atoms with van der Waals surface area (Å²) in [5.74, 6) is -1.89. The largest absolute Gasteiger partial charge is 0.394 e. The fourth-order valence-electron chi connectivity index (χ4n) is 7.14. The summed E-state index contributed by atoms with van der Waals surface area (Å²) in [7, 11) is 1.73. The zero-order chi connectivity index (χ0) is 29.5. The van der Waals surface area contributed by atoms with Gasteiger partial charge in [0.1, 0.15) is 6.04 Å². The molecule has 7 nitrogen and oxygen atoms in total. The number of aliphatic hydroxyl groups is 1. The van der Waals surface area contributed by atoms with Gasteiger partial charge in [-0.15, -0.1) is 24.9 Å². The number of benzene rings is 2. The number of aliphatic hydroxyl groups excluding tert-OH is 1. The van der Waals surface area contributed by atoms with Gasteiger partial charge in [-0.05, 0) is 42.2 Å². The average molecular weight is 594 g/mol. The van der Waals surface area contributed by atoms with Crippen molar-refractivity contribution in [3.8, 4) is 0 Å². The molecule has 0 saturated carbocycles. The summed E-state index contributed by atoms with van der Waals surface area (Å²) in [6.07, 6.45) is 4.05. The third-order valence-corrected chi connectivity index (χ3v) is 11.2. The molecular formula is C32H36ClN3O4S. The second-order valence-corrected chi connectivity index (χ2v) is 13.1. The summed E-state index contributed by atoms with van der Waals surface area (Å²) in [6.45, 7) is 9.97. The molecule has 3 amide bonds. The van der Waals surface area contributed by atoms with Gasteiger partial charge in [0.15, 0.2) is 0 Å². The van der Waals surface area contributed by atoms with Gasteiger partial charge in [0.05, 0.1) is 29.2 Å². The van der Waals surface area contributed by atoms with Gasteiger partial charge in [0.25, 0.3) is 5.91 Å². The van der Waals surface area contributed by atoms with E-state index < -0.39 is 28.7 Å². The van der Waals surface area contributed by atoms with Crippen LogP contribution in [0.15, 0.2) is 79.9 Å². The second-order valence-electron chi connectivity index (χ2n) is 11.1. The minimum absolute atomic E-state index is 0.00919. The Kier molecular flexibility index (Phi) is 8.37. The molecule has 41 heavy (non-hydrogen) atoms. The highest BCUT2D eigenvalue weighted by molar-refractivity contribution is 8.02. The van der Waals surface area contributed by atoms with Gasteiger partial charge in [-0.3, -0.25) is 14.4 Å². The molecule has 2 bridgehead atoms. The minimum atomic E-state index is -0.902. The monoisotopic (exact) mass is 593 g/mol. The molecule has 5 rings (SSSR count). The van der Waals surface area contributed by atoms with E-state index in [0.717, 1.165) is 12.0 Å². The summed E-state index contributed by atoms with van der Waals surface area (Å²) >= 11 is 7.77. The number of carbonyl (C=O) groups is 3. The number of nitrogens with zero attached hydrogens (tertiary/aromatic N) is 3. The number of hydrogen-bond donors (Lipinski definition) is 1. The SMILES string of the molecule is C=CCN(C)C(=O)[C@@H]1[C@@H]2CC(C)C3(S2)C(C(=O)N(CC=C)c2ccc(Cl)cc2)N([C@H](CO)c2ccccc2)C(=O)[C@H]13. The maximum atomic E-state index is 14.9. The highest BCUT2D eigenvalue weighted by Crippen LogP contribution is 2.69. The van der Waals surface area contributed by atoms with Crippen molar-refractivity contribution in [2.75, 3.05) is 31.6 Å². The van der Waals surface area contributed by atoms with Crippen LogP contribution < -0.4 is 4.90 Å². The molecule has 3 fully saturated rings. The Hall–Kier alpha value is -3.07. The smallest absolute Gasteiger partial charge is 0.251 e. The van der Waals surface area contributed by atoms with Gasteiger partial charge < -0.3 is 19.8 Å².